The van der Waals surface area contributed by atoms with Crippen LogP contribution >= 0.6 is 0 Å². The molecule has 2 rings (SSSR count). The standard InChI is InChI=1S/C13H14N2O4/c1-14-11(16)7-15-12(17)10-6-8-4-2-3-5-9(8)13(18)19-10/h2-5,10H,6-7H2,1H3,(H,14,16)(H,15,17). The minimum atomic E-state index is -0.882. The number of hydrogen-bond acceptors (Lipinski definition) is 4. The second-order valence-electron chi connectivity index (χ2n) is 4.15. The first-order chi connectivity index (χ1) is 9.11. The molecular formula is C13H14N2O4. The number of benzene rings is 1. The molecule has 1 atom stereocenters. The van der Waals surface area contributed by atoms with Gasteiger partial charge in [-0.15, -0.1) is 0 Å². The molecule has 0 fully saturated rings. The first-order valence-corrected chi connectivity index (χ1v) is 5.89. The molecule has 100 valence electrons. The van der Waals surface area contributed by atoms with Crippen LogP contribution in [0.4, 0.5) is 0 Å². The highest BCUT2D eigenvalue weighted by Crippen LogP contribution is 2.20. The minimum absolute atomic E-state index is 0.134. The highest BCUT2D eigenvalue weighted by molar-refractivity contribution is 5.96. The Morgan fingerprint density at radius 3 is 2.84 bits per heavy atom. The van der Waals surface area contributed by atoms with Crippen molar-refractivity contribution >= 4 is 17.8 Å². The lowest BCUT2D eigenvalue weighted by molar-refractivity contribution is -0.132. The van der Waals surface area contributed by atoms with Crippen LogP contribution in [0.2, 0.25) is 0 Å². The molecule has 6 heteroatoms. The van der Waals surface area contributed by atoms with Crippen molar-refractivity contribution < 1.29 is 19.1 Å². The molecule has 0 aromatic heterocycles. The first kappa shape index (κ1) is 13.1. The summed E-state index contributed by atoms with van der Waals surface area (Å²) in [5, 5.41) is 4.81. The van der Waals surface area contributed by atoms with Crippen molar-refractivity contribution in [2.24, 2.45) is 0 Å². The molecule has 0 saturated heterocycles. The fraction of sp³-hybridized carbons (Fsp3) is 0.308. The maximum Gasteiger partial charge on any atom is 0.339 e. The summed E-state index contributed by atoms with van der Waals surface area (Å²) in [6.45, 7) is -0.134. The summed E-state index contributed by atoms with van der Waals surface area (Å²) in [6, 6.07) is 6.99. The lowest BCUT2D eigenvalue weighted by atomic mass is 9.98. The Morgan fingerprint density at radius 2 is 2.11 bits per heavy atom. The zero-order valence-electron chi connectivity index (χ0n) is 10.4. The van der Waals surface area contributed by atoms with E-state index in [1.807, 2.05) is 0 Å². The average molecular weight is 262 g/mol. The molecule has 0 radical (unpaired) electrons. The molecule has 2 N–H and O–H groups in total. The number of hydrogen-bond donors (Lipinski definition) is 2. The fourth-order valence-corrected chi connectivity index (χ4v) is 1.85. The summed E-state index contributed by atoms with van der Waals surface area (Å²) in [5.41, 5.74) is 1.26. The number of fused-ring (bicyclic) bond motifs is 1. The molecule has 2 amide bonds. The van der Waals surface area contributed by atoms with Gasteiger partial charge in [0.25, 0.3) is 5.91 Å². The third-order valence-corrected chi connectivity index (χ3v) is 2.89. The normalized spacial score (nSPS) is 17.1. The van der Waals surface area contributed by atoms with Crippen molar-refractivity contribution in [3.05, 3.63) is 35.4 Å². The quantitative estimate of drug-likeness (QED) is 0.728. The zero-order valence-corrected chi connectivity index (χ0v) is 10.4. The van der Waals surface area contributed by atoms with Crippen LogP contribution in [0.15, 0.2) is 24.3 Å². The summed E-state index contributed by atoms with van der Waals surface area (Å²) in [6.07, 6.45) is -0.561. The molecule has 0 bridgehead atoms. The third kappa shape index (κ3) is 2.90. The minimum Gasteiger partial charge on any atom is -0.448 e. The first-order valence-electron chi connectivity index (χ1n) is 5.89. The number of nitrogens with one attached hydrogen (secondary N) is 2. The summed E-state index contributed by atoms with van der Waals surface area (Å²) in [7, 11) is 1.48. The second-order valence-corrected chi connectivity index (χ2v) is 4.15. The van der Waals surface area contributed by atoms with Gasteiger partial charge in [-0.25, -0.2) is 4.79 Å². The third-order valence-electron chi connectivity index (χ3n) is 2.89. The van der Waals surface area contributed by atoms with E-state index in [0.717, 1.165) is 5.56 Å². The Morgan fingerprint density at radius 1 is 1.37 bits per heavy atom. The van der Waals surface area contributed by atoms with Crippen molar-refractivity contribution in [3.8, 4) is 0 Å². The van der Waals surface area contributed by atoms with Crippen LogP contribution in [-0.4, -0.2) is 37.5 Å². The van der Waals surface area contributed by atoms with Gasteiger partial charge in [-0.1, -0.05) is 18.2 Å². The van der Waals surface area contributed by atoms with Crippen molar-refractivity contribution in [1.82, 2.24) is 10.6 Å². The molecular weight excluding hydrogens is 248 g/mol. The number of cyclic esters (lactones) is 1. The van der Waals surface area contributed by atoms with Crippen molar-refractivity contribution in [2.75, 3.05) is 13.6 Å². The number of esters is 1. The molecule has 1 aliphatic heterocycles. The predicted octanol–water partition coefficient (Wildman–Crippen LogP) is -0.370. The molecule has 1 aromatic rings. The zero-order chi connectivity index (χ0) is 13.8. The van der Waals surface area contributed by atoms with E-state index >= 15 is 0 Å². The molecule has 1 aliphatic rings. The van der Waals surface area contributed by atoms with Gasteiger partial charge < -0.3 is 15.4 Å². The highest BCUT2D eigenvalue weighted by atomic mass is 16.5. The van der Waals surface area contributed by atoms with Crippen molar-refractivity contribution in [3.63, 3.8) is 0 Å². The second kappa shape index (κ2) is 5.51. The van der Waals surface area contributed by atoms with Gasteiger partial charge in [0, 0.05) is 13.5 Å². The van der Waals surface area contributed by atoms with Crippen LogP contribution in [0.1, 0.15) is 15.9 Å². The molecule has 0 spiro atoms. The van der Waals surface area contributed by atoms with Gasteiger partial charge in [-0.2, -0.15) is 0 Å². The molecule has 0 aliphatic carbocycles. The maximum atomic E-state index is 11.8. The van der Waals surface area contributed by atoms with Crippen LogP contribution in [0.5, 0.6) is 0 Å². The van der Waals surface area contributed by atoms with E-state index in [2.05, 4.69) is 10.6 Å². The number of carbonyl (C=O) groups is 3. The monoisotopic (exact) mass is 262 g/mol. The van der Waals surface area contributed by atoms with Gasteiger partial charge in [0.15, 0.2) is 6.10 Å². The predicted molar refractivity (Wildman–Crippen MR) is 66.4 cm³/mol. The molecule has 1 unspecified atom stereocenters. The Bertz CT molecular complexity index is 527. The van der Waals surface area contributed by atoms with Crippen molar-refractivity contribution in [2.45, 2.75) is 12.5 Å². The van der Waals surface area contributed by atoms with Crippen molar-refractivity contribution in [1.29, 1.82) is 0 Å². The molecule has 19 heavy (non-hydrogen) atoms. The van der Waals surface area contributed by atoms with E-state index in [0.29, 0.717) is 12.0 Å². The summed E-state index contributed by atoms with van der Waals surface area (Å²) in [5.74, 6) is -1.29. The molecule has 6 nitrogen and oxygen atoms in total. The van der Waals surface area contributed by atoms with Gasteiger partial charge in [0.2, 0.25) is 5.91 Å². The topological polar surface area (TPSA) is 84.5 Å². The summed E-state index contributed by atoms with van der Waals surface area (Å²) >= 11 is 0. The molecule has 1 heterocycles. The highest BCUT2D eigenvalue weighted by Gasteiger charge is 2.30. The SMILES string of the molecule is CNC(=O)CNC(=O)C1Cc2ccccc2C(=O)O1. The summed E-state index contributed by atoms with van der Waals surface area (Å²) in [4.78, 5) is 34.5. The number of amides is 2. The number of likely N-dealkylation sites (N-methyl/N-ethyl adjacent to an activating group) is 1. The lowest BCUT2D eigenvalue weighted by Gasteiger charge is -2.23. The van der Waals surface area contributed by atoms with Crippen LogP contribution in [0.3, 0.4) is 0 Å². The number of rotatable bonds is 3. The van der Waals surface area contributed by atoms with Crippen LogP contribution in [0, 0.1) is 0 Å². The Kier molecular flexibility index (Phi) is 3.79. The van der Waals surface area contributed by atoms with Crippen LogP contribution in [-0.2, 0) is 20.7 Å². The van der Waals surface area contributed by atoms with Gasteiger partial charge in [-0.05, 0) is 11.6 Å². The number of ether oxygens (including phenoxy) is 1. The van der Waals surface area contributed by atoms with E-state index in [1.54, 1.807) is 24.3 Å². The molecule has 0 saturated carbocycles. The van der Waals surface area contributed by atoms with Gasteiger partial charge >= 0.3 is 5.97 Å². The van der Waals surface area contributed by atoms with Crippen LogP contribution < -0.4 is 10.6 Å². The van der Waals surface area contributed by atoms with E-state index in [-0.39, 0.29) is 12.5 Å². The smallest absolute Gasteiger partial charge is 0.339 e. The van der Waals surface area contributed by atoms with E-state index in [4.69, 9.17) is 4.74 Å². The Labute approximate surface area is 110 Å². The Balaban J connectivity index is 2.03. The van der Waals surface area contributed by atoms with E-state index in [1.165, 1.54) is 7.05 Å². The van der Waals surface area contributed by atoms with Gasteiger partial charge in [0.1, 0.15) is 0 Å². The lowest BCUT2D eigenvalue weighted by Crippen LogP contribution is -2.44. The van der Waals surface area contributed by atoms with E-state index in [9.17, 15) is 14.4 Å². The maximum absolute atomic E-state index is 11.8. The summed E-state index contributed by atoms with van der Waals surface area (Å²) < 4.78 is 5.06. The number of carbonyl (C=O) groups excluding carboxylic acids is 3. The Hall–Kier alpha value is -2.37. The van der Waals surface area contributed by atoms with Gasteiger partial charge in [-0.3, -0.25) is 9.59 Å². The molecule has 1 aromatic carbocycles. The average Bonchev–Trinajstić information content (AvgIpc) is 2.44. The fourth-order valence-electron chi connectivity index (χ4n) is 1.85. The van der Waals surface area contributed by atoms with Crippen LogP contribution in [0.25, 0.3) is 0 Å². The van der Waals surface area contributed by atoms with Gasteiger partial charge in [0.05, 0.1) is 12.1 Å². The largest absolute Gasteiger partial charge is 0.448 e. The van der Waals surface area contributed by atoms with E-state index < -0.39 is 18.0 Å².